The molecule has 0 spiro atoms. The van der Waals surface area contributed by atoms with Gasteiger partial charge in [0.05, 0.1) is 17.3 Å². The van der Waals surface area contributed by atoms with Gasteiger partial charge in [-0.15, -0.1) is 11.3 Å². The van der Waals surface area contributed by atoms with Crippen molar-refractivity contribution in [2.24, 2.45) is 5.73 Å². The van der Waals surface area contributed by atoms with Crippen molar-refractivity contribution in [3.05, 3.63) is 16.1 Å². The third-order valence-electron chi connectivity index (χ3n) is 2.35. The van der Waals surface area contributed by atoms with E-state index in [2.05, 4.69) is 30.5 Å². The van der Waals surface area contributed by atoms with Gasteiger partial charge in [-0.05, 0) is 0 Å². The molecule has 1 rings (SSSR count). The lowest BCUT2D eigenvalue weighted by Gasteiger charge is -2.15. The van der Waals surface area contributed by atoms with E-state index in [0.29, 0.717) is 6.42 Å². The molecule has 0 saturated heterocycles. The quantitative estimate of drug-likeness (QED) is 0.909. The van der Waals surface area contributed by atoms with Crippen LogP contribution in [0.5, 0.6) is 0 Å². The summed E-state index contributed by atoms with van der Waals surface area (Å²) in [6.45, 7) is 4.78. The molecule has 110 valence electrons. The Morgan fingerprint density at radius 1 is 1.37 bits per heavy atom. The Bertz CT molecular complexity index is 398. The van der Waals surface area contributed by atoms with E-state index in [1.54, 1.807) is 0 Å². The van der Waals surface area contributed by atoms with Crippen molar-refractivity contribution in [1.82, 2.24) is 4.98 Å². The molecule has 0 saturated carbocycles. The third-order valence-corrected chi connectivity index (χ3v) is 3.23. The summed E-state index contributed by atoms with van der Waals surface area (Å²) in [5, 5.41) is 2.78. The molecule has 0 aliphatic heterocycles. The van der Waals surface area contributed by atoms with Crippen LogP contribution in [0.1, 0.15) is 31.5 Å². The topological polar surface area (TPSA) is 48.1 Å². The Morgan fingerprint density at radius 3 is 2.47 bits per heavy atom. The van der Waals surface area contributed by atoms with Crippen LogP contribution in [-0.2, 0) is 16.6 Å². The zero-order chi connectivity index (χ0) is 14.7. The first kappa shape index (κ1) is 16.4. The molecule has 0 aliphatic rings. The number of nitrogens with zero attached hydrogens (tertiary/aromatic N) is 1. The van der Waals surface area contributed by atoms with E-state index >= 15 is 0 Å². The molecule has 1 heterocycles. The molecule has 0 aromatic carbocycles. The van der Waals surface area contributed by atoms with E-state index in [0.717, 1.165) is 10.7 Å². The van der Waals surface area contributed by atoms with Crippen LogP contribution < -0.4 is 5.73 Å². The highest BCUT2D eigenvalue weighted by atomic mass is 32.1. The van der Waals surface area contributed by atoms with Crippen molar-refractivity contribution in [1.29, 1.82) is 0 Å². The maximum absolute atomic E-state index is 11.9. The highest BCUT2D eigenvalue weighted by molar-refractivity contribution is 7.09. The standard InChI is InChI=1S/C12H19F3N2OS/c1-11(2,3)9-6-19-10(17-9)4-8(16)5-18-7-12(13,14)15/h6,8H,4-5,7,16H2,1-3H3. The first-order valence-corrected chi connectivity index (χ1v) is 6.81. The molecular formula is C12H19F3N2OS. The molecule has 2 N–H and O–H groups in total. The van der Waals surface area contributed by atoms with Crippen LogP contribution in [0.25, 0.3) is 0 Å². The number of alkyl halides is 3. The lowest BCUT2D eigenvalue weighted by Crippen LogP contribution is -2.31. The second-order valence-corrected chi connectivity index (χ2v) is 6.41. The van der Waals surface area contributed by atoms with E-state index in [1.807, 2.05) is 5.38 Å². The summed E-state index contributed by atoms with van der Waals surface area (Å²) >= 11 is 1.47. The fraction of sp³-hybridized carbons (Fsp3) is 0.750. The number of hydrogen-bond acceptors (Lipinski definition) is 4. The van der Waals surface area contributed by atoms with Crippen LogP contribution in [0.15, 0.2) is 5.38 Å². The van der Waals surface area contributed by atoms with Crippen LogP contribution in [-0.4, -0.2) is 30.4 Å². The van der Waals surface area contributed by atoms with Crippen molar-refractivity contribution in [2.75, 3.05) is 13.2 Å². The van der Waals surface area contributed by atoms with Gasteiger partial charge in [-0.1, -0.05) is 20.8 Å². The summed E-state index contributed by atoms with van der Waals surface area (Å²) in [6, 6.07) is -0.471. The molecule has 3 nitrogen and oxygen atoms in total. The predicted molar refractivity (Wildman–Crippen MR) is 69.4 cm³/mol. The highest BCUT2D eigenvalue weighted by Crippen LogP contribution is 2.24. The summed E-state index contributed by atoms with van der Waals surface area (Å²) < 4.78 is 40.2. The maximum atomic E-state index is 11.9. The number of aromatic nitrogens is 1. The summed E-state index contributed by atoms with van der Waals surface area (Å²) in [5.41, 5.74) is 6.66. The summed E-state index contributed by atoms with van der Waals surface area (Å²) in [4.78, 5) is 4.44. The van der Waals surface area contributed by atoms with Gasteiger partial charge >= 0.3 is 6.18 Å². The molecule has 7 heteroatoms. The number of halogens is 3. The van der Waals surface area contributed by atoms with E-state index in [1.165, 1.54) is 11.3 Å². The van der Waals surface area contributed by atoms with Crippen molar-refractivity contribution >= 4 is 11.3 Å². The Kier molecular flexibility index (Phi) is 5.34. The fourth-order valence-electron chi connectivity index (χ4n) is 1.36. The number of nitrogens with two attached hydrogens (primary N) is 1. The van der Waals surface area contributed by atoms with Crippen LogP contribution in [0.2, 0.25) is 0 Å². The monoisotopic (exact) mass is 296 g/mol. The SMILES string of the molecule is CC(C)(C)c1csc(CC(N)COCC(F)(F)F)n1. The van der Waals surface area contributed by atoms with E-state index in [4.69, 9.17) is 5.73 Å². The highest BCUT2D eigenvalue weighted by Gasteiger charge is 2.27. The largest absolute Gasteiger partial charge is 0.411 e. The smallest absolute Gasteiger partial charge is 0.370 e. The molecule has 1 atom stereocenters. The van der Waals surface area contributed by atoms with E-state index < -0.39 is 18.8 Å². The van der Waals surface area contributed by atoms with Gasteiger partial charge < -0.3 is 10.5 Å². The molecule has 1 unspecified atom stereocenters. The number of hydrogen-bond donors (Lipinski definition) is 1. The lowest BCUT2D eigenvalue weighted by molar-refractivity contribution is -0.174. The molecule has 0 bridgehead atoms. The van der Waals surface area contributed by atoms with E-state index in [-0.39, 0.29) is 12.0 Å². The summed E-state index contributed by atoms with van der Waals surface area (Å²) in [5.74, 6) is 0. The molecule has 0 amide bonds. The van der Waals surface area contributed by atoms with Gasteiger partial charge in [0, 0.05) is 23.3 Å². The van der Waals surface area contributed by atoms with Gasteiger partial charge in [0.1, 0.15) is 6.61 Å². The molecule has 1 aromatic rings. The first-order valence-electron chi connectivity index (χ1n) is 5.93. The van der Waals surface area contributed by atoms with Crippen LogP contribution in [0, 0.1) is 0 Å². The Labute approximate surface area is 115 Å². The summed E-state index contributed by atoms with van der Waals surface area (Å²) in [7, 11) is 0. The summed E-state index contributed by atoms with van der Waals surface area (Å²) in [6.07, 6.45) is -3.88. The number of thiazole rings is 1. The lowest BCUT2D eigenvalue weighted by atomic mass is 9.93. The molecule has 0 radical (unpaired) electrons. The van der Waals surface area contributed by atoms with Gasteiger partial charge in [-0.3, -0.25) is 0 Å². The van der Waals surface area contributed by atoms with Crippen LogP contribution in [0.3, 0.4) is 0 Å². The normalized spacial score (nSPS) is 14.7. The van der Waals surface area contributed by atoms with E-state index in [9.17, 15) is 13.2 Å². The second-order valence-electron chi connectivity index (χ2n) is 5.47. The Morgan fingerprint density at radius 2 is 2.00 bits per heavy atom. The first-order chi connectivity index (χ1) is 8.58. The minimum Gasteiger partial charge on any atom is -0.370 e. The van der Waals surface area contributed by atoms with Gasteiger partial charge in [0.2, 0.25) is 0 Å². The van der Waals surface area contributed by atoms with Crippen LogP contribution in [0.4, 0.5) is 13.2 Å². The van der Waals surface area contributed by atoms with Gasteiger partial charge in [0.15, 0.2) is 0 Å². The second kappa shape index (κ2) is 6.19. The Balaban J connectivity index is 2.40. The third kappa shape index (κ3) is 6.35. The van der Waals surface area contributed by atoms with Gasteiger partial charge in [-0.25, -0.2) is 4.98 Å². The average Bonchev–Trinajstić information content (AvgIpc) is 2.63. The molecule has 1 aromatic heterocycles. The average molecular weight is 296 g/mol. The van der Waals surface area contributed by atoms with Gasteiger partial charge in [0.25, 0.3) is 0 Å². The minimum atomic E-state index is -4.31. The minimum absolute atomic E-state index is 0.0361. The molecule has 0 aliphatic carbocycles. The maximum Gasteiger partial charge on any atom is 0.411 e. The van der Waals surface area contributed by atoms with Crippen molar-refractivity contribution in [3.63, 3.8) is 0 Å². The zero-order valence-electron chi connectivity index (χ0n) is 11.3. The fourth-order valence-corrected chi connectivity index (χ4v) is 2.47. The molecule has 19 heavy (non-hydrogen) atoms. The van der Waals surface area contributed by atoms with Crippen molar-refractivity contribution < 1.29 is 17.9 Å². The number of rotatable bonds is 5. The molecule has 0 fully saturated rings. The predicted octanol–water partition coefficient (Wildman–Crippen LogP) is 2.89. The Hall–Kier alpha value is -0.660. The zero-order valence-corrected chi connectivity index (χ0v) is 12.1. The van der Waals surface area contributed by atoms with Crippen LogP contribution >= 0.6 is 11.3 Å². The number of ether oxygens (including phenoxy) is 1. The molecular weight excluding hydrogens is 277 g/mol. The van der Waals surface area contributed by atoms with Crippen molar-refractivity contribution in [3.8, 4) is 0 Å². The van der Waals surface area contributed by atoms with Crippen molar-refractivity contribution in [2.45, 2.75) is 44.8 Å². The van der Waals surface area contributed by atoms with Gasteiger partial charge in [-0.2, -0.15) is 13.2 Å².